The number of rotatable bonds is 7. The average Bonchev–Trinajstić information content (AvgIpc) is 3.35. The quantitative estimate of drug-likeness (QED) is 0.685. The number of anilines is 1. The summed E-state index contributed by atoms with van der Waals surface area (Å²) in [5.41, 5.74) is 1.59. The van der Waals surface area contributed by atoms with E-state index < -0.39 is 16.1 Å². The summed E-state index contributed by atoms with van der Waals surface area (Å²) >= 11 is 0. The molecule has 1 unspecified atom stereocenters. The lowest BCUT2D eigenvalue weighted by Gasteiger charge is -2.25. The highest BCUT2D eigenvalue weighted by molar-refractivity contribution is 7.89. The topological polar surface area (TPSA) is 88.2 Å². The zero-order valence-corrected chi connectivity index (χ0v) is 19.2. The molecule has 0 spiro atoms. The highest BCUT2D eigenvalue weighted by Crippen LogP contribution is 2.31. The molecule has 0 saturated carbocycles. The van der Waals surface area contributed by atoms with Crippen LogP contribution in [0.2, 0.25) is 0 Å². The average molecular weight is 460 g/mol. The Balaban J connectivity index is 1.35. The van der Waals surface area contributed by atoms with Crippen molar-refractivity contribution in [3.63, 3.8) is 0 Å². The molecule has 1 saturated heterocycles. The van der Waals surface area contributed by atoms with Crippen molar-refractivity contribution in [2.24, 2.45) is 0 Å². The Labute approximate surface area is 189 Å². The second kappa shape index (κ2) is 9.48. The molecule has 172 valence electrons. The number of hydrogen-bond donors (Lipinski definition) is 1. The predicted octanol–water partition coefficient (Wildman–Crippen LogP) is 2.70. The number of amides is 1. The SMILES string of the molecule is CC(C(=O)Nc1ccc(S(=O)(=O)N2CCCC2)cc1)N(C)Cc1ccc2c(c1)OCCO2. The van der Waals surface area contributed by atoms with Crippen molar-refractivity contribution in [2.75, 3.05) is 38.7 Å². The molecule has 0 bridgehead atoms. The van der Waals surface area contributed by atoms with Gasteiger partial charge in [-0.1, -0.05) is 6.07 Å². The Kier molecular flexibility index (Phi) is 6.68. The van der Waals surface area contributed by atoms with Crippen molar-refractivity contribution in [1.29, 1.82) is 0 Å². The Hall–Kier alpha value is -2.62. The Morgan fingerprint density at radius 1 is 1.06 bits per heavy atom. The zero-order valence-electron chi connectivity index (χ0n) is 18.4. The predicted molar refractivity (Wildman–Crippen MR) is 121 cm³/mol. The van der Waals surface area contributed by atoms with E-state index in [-0.39, 0.29) is 10.8 Å². The van der Waals surface area contributed by atoms with Crippen molar-refractivity contribution in [3.05, 3.63) is 48.0 Å². The fourth-order valence-corrected chi connectivity index (χ4v) is 5.36. The molecule has 2 aromatic rings. The van der Waals surface area contributed by atoms with E-state index >= 15 is 0 Å². The molecule has 1 amide bonds. The van der Waals surface area contributed by atoms with Crippen molar-refractivity contribution in [1.82, 2.24) is 9.21 Å². The smallest absolute Gasteiger partial charge is 0.243 e. The van der Waals surface area contributed by atoms with Gasteiger partial charge in [0.1, 0.15) is 13.2 Å². The minimum Gasteiger partial charge on any atom is -0.486 e. The van der Waals surface area contributed by atoms with E-state index in [2.05, 4.69) is 5.32 Å². The third-order valence-corrected chi connectivity index (χ3v) is 7.82. The molecule has 32 heavy (non-hydrogen) atoms. The molecule has 0 radical (unpaired) electrons. The van der Waals surface area contributed by atoms with Crippen LogP contribution in [0.3, 0.4) is 0 Å². The zero-order chi connectivity index (χ0) is 22.7. The van der Waals surface area contributed by atoms with E-state index in [0.29, 0.717) is 38.5 Å². The van der Waals surface area contributed by atoms with E-state index in [9.17, 15) is 13.2 Å². The molecule has 2 aliphatic rings. The number of carbonyl (C=O) groups excluding carboxylic acids is 1. The Morgan fingerprint density at radius 3 is 2.41 bits per heavy atom. The van der Waals surface area contributed by atoms with Gasteiger partial charge in [-0.2, -0.15) is 4.31 Å². The first-order chi connectivity index (χ1) is 15.3. The first kappa shape index (κ1) is 22.6. The van der Waals surface area contributed by atoms with Crippen LogP contribution in [0.15, 0.2) is 47.4 Å². The lowest BCUT2D eigenvalue weighted by molar-refractivity contribution is -0.120. The number of benzene rings is 2. The van der Waals surface area contributed by atoms with Gasteiger partial charge in [-0.3, -0.25) is 9.69 Å². The van der Waals surface area contributed by atoms with Gasteiger partial charge in [-0.05, 0) is 68.8 Å². The summed E-state index contributed by atoms with van der Waals surface area (Å²) in [7, 11) is -1.58. The first-order valence-electron chi connectivity index (χ1n) is 10.8. The van der Waals surface area contributed by atoms with Crippen LogP contribution in [-0.4, -0.2) is 62.9 Å². The van der Waals surface area contributed by atoms with Gasteiger partial charge in [0, 0.05) is 25.3 Å². The molecular weight excluding hydrogens is 430 g/mol. The van der Waals surface area contributed by atoms with Gasteiger partial charge in [0.2, 0.25) is 15.9 Å². The summed E-state index contributed by atoms with van der Waals surface area (Å²) in [4.78, 5) is 14.9. The second-order valence-electron chi connectivity index (χ2n) is 8.19. The minimum atomic E-state index is -3.46. The van der Waals surface area contributed by atoms with Crippen LogP contribution in [0.5, 0.6) is 11.5 Å². The van der Waals surface area contributed by atoms with Gasteiger partial charge in [0.15, 0.2) is 11.5 Å². The number of nitrogens with zero attached hydrogens (tertiary/aromatic N) is 2. The third-order valence-electron chi connectivity index (χ3n) is 5.90. The molecule has 4 rings (SSSR count). The number of fused-ring (bicyclic) bond motifs is 1. The maximum Gasteiger partial charge on any atom is 0.243 e. The standard InChI is InChI=1S/C23H29N3O5S/c1-17(25(2)16-18-5-10-21-22(15-18)31-14-13-30-21)23(27)24-19-6-8-20(9-7-19)32(28,29)26-11-3-4-12-26/h5-10,15,17H,3-4,11-14,16H2,1-2H3,(H,24,27). The van der Waals surface area contributed by atoms with E-state index in [0.717, 1.165) is 29.9 Å². The van der Waals surface area contributed by atoms with Crippen LogP contribution in [-0.2, 0) is 21.4 Å². The fraction of sp³-hybridized carbons (Fsp3) is 0.435. The Morgan fingerprint density at radius 2 is 1.72 bits per heavy atom. The molecule has 2 aliphatic heterocycles. The van der Waals surface area contributed by atoms with E-state index in [1.54, 1.807) is 24.3 Å². The van der Waals surface area contributed by atoms with Crippen LogP contribution in [0.1, 0.15) is 25.3 Å². The van der Waals surface area contributed by atoms with E-state index in [1.165, 1.54) is 4.31 Å². The summed E-state index contributed by atoms with van der Waals surface area (Å²) in [5.74, 6) is 1.30. The number of nitrogens with one attached hydrogen (secondary N) is 1. The monoisotopic (exact) mass is 459 g/mol. The van der Waals surface area contributed by atoms with Gasteiger partial charge in [-0.25, -0.2) is 8.42 Å². The summed E-state index contributed by atoms with van der Waals surface area (Å²) < 4.78 is 38.0. The third kappa shape index (κ3) is 4.90. The number of hydrogen-bond acceptors (Lipinski definition) is 6. The van der Waals surface area contributed by atoms with Crippen LogP contribution in [0, 0.1) is 0 Å². The van der Waals surface area contributed by atoms with Gasteiger partial charge in [-0.15, -0.1) is 0 Å². The number of sulfonamides is 1. The van der Waals surface area contributed by atoms with Crippen LogP contribution in [0.25, 0.3) is 0 Å². The summed E-state index contributed by atoms with van der Waals surface area (Å²) in [6.07, 6.45) is 1.79. The number of ether oxygens (including phenoxy) is 2. The molecule has 2 aromatic carbocycles. The summed E-state index contributed by atoms with van der Waals surface area (Å²) in [5, 5.41) is 2.87. The van der Waals surface area contributed by atoms with E-state index in [1.807, 2.05) is 37.1 Å². The number of likely N-dealkylation sites (N-methyl/N-ethyl adjacent to an activating group) is 1. The highest BCUT2D eigenvalue weighted by atomic mass is 32.2. The van der Waals surface area contributed by atoms with E-state index in [4.69, 9.17) is 9.47 Å². The van der Waals surface area contributed by atoms with Crippen molar-refractivity contribution >= 4 is 21.6 Å². The van der Waals surface area contributed by atoms with Crippen LogP contribution < -0.4 is 14.8 Å². The highest BCUT2D eigenvalue weighted by Gasteiger charge is 2.27. The van der Waals surface area contributed by atoms with Crippen molar-refractivity contribution < 1.29 is 22.7 Å². The summed E-state index contributed by atoms with van der Waals surface area (Å²) in [6.45, 7) is 4.61. The normalized spacial score (nSPS) is 17.3. The molecule has 2 heterocycles. The molecule has 1 fully saturated rings. The minimum absolute atomic E-state index is 0.166. The van der Waals surface area contributed by atoms with Gasteiger partial charge < -0.3 is 14.8 Å². The molecule has 1 atom stereocenters. The van der Waals surface area contributed by atoms with Crippen molar-refractivity contribution in [2.45, 2.75) is 37.2 Å². The van der Waals surface area contributed by atoms with Gasteiger partial charge in [0.05, 0.1) is 10.9 Å². The maximum atomic E-state index is 12.7. The number of carbonyl (C=O) groups is 1. The molecular formula is C23H29N3O5S. The van der Waals surface area contributed by atoms with Gasteiger partial charge in [0.25, 0.3) is 0 Å². The largest absolute Gasteiger partial charge is 0.486 e. The van der Waals surface area contributed by atoms with Gasteiger partial charge >= 0.3 is 0 Å². The molecule has 8 nitrogen and oxygen atoms in total. The second-order valence-corrected chi connectivity index (χ2v) is 10.1. The maximum absolute atomic E-state index is 12.7. The van der Waals surface area contributed by atoms with Crippen LogP contribution >= 0.6 is 0 Å². The fourth-order valence-electron chi connectivity index (χ4n) is 3.85. The molecule has 9 heteroatoms. The lowest BCUT2D eigenvalue weighted by Crippen LogP contribution is -2.39. The lowest BCUT2D eigenvalue weighted by atomic mass is 10.1. The molecule has 0 aliphatic carbocycles. The molecule has 0 aromatic heterocycles. The van der Waals surface area contributed by atoms with Crippen molar-refractivity contribution in [3.8, 4) is 11.5 Å². The Bertz CT molecular complexity index is 1070. The van der Waals surface area contributed by atoms with Crippen LogP contribution in [0.4, 0.5) is 5.69 Å². The summed E-state index contributed by atoms with van der Waals surface area (Å²) in [6, 6.07) is 11.8. The first-order valence-corrected chi connectivity index (χ1v) is 12.3. The molecule has 1 N–H and O–H groups in total.